The maximum Gasteiger partial charge on any atom is 0.261 e. The van der Waals surface area contributed by atoms with Crippen LogP contribution in [0.15, 0.2) is 60.7 Å². The van der Waals surface area contributed by atoms with Gasteiger partial charge >= 0.3 is 0 Å². The van der Waals surface area contributed by atoms with Crippen LogP contribution in [0.5, 0.6) is 11.5 Å². The average Bonchev–Trinajstić information content (AvgIpc) is 3.55. The van der Waals surface area contributed by atoms with Crippen molar-refractivity contribution in [1.29, 1.82) is 0 Å². The highest BCUT2D eigenvalue weighted by Crippen LogP contribution is 2.59. The van der Waals surface area contributed by atoms with Crippen LogP contribution in [0.25, 0.3) is 0 Å². The number of benzene rings is 3. The Morgan fingerprint density at radius 2 is 1.78 bits per heavy atom. The van der Waals surface area contributed by atoms with Gasteiger partial charge in [-0.2, -0.15) is 0 Å². The summed E-state index contributed by atoms with van der Waals surface area (Å²) in [6.07, 6.45) is 1.99. The number of rotatable bonds is 13. The molecular formula is C38H49N3O7Si. The van der Waals surface area contributed by atoms with Crippen molar-refractivity contribution < 1.29 is 34.0 Å². The molecule has 1 spiro atoms. The van der Waals surface area contributed by atoms with Crippen LogP contribution in [-0.2, 0) is 26.3 Å². The van der Waals surface area contributed by atoms with Gasteiger partial charge in [-0.1, -0.05) is 37.3 Å². The third kappa shape index (κ3) is 6.16. The first-order chi connectivity index (χ1) is 23.6. The van der Waals surface area contributed by atoms with E-state index in [2.05, 4.69) is 42.8 Å². The van der Waals surface area contributed by atoms with Crippen LogP contribution in [0.2, 0.25) is 18.6 Å². The van der Waals surface area contributed by atoms with Crippen LogP contribution in [0.3, 0.4) is 0 Å². The first-order valence-corrected chi connectivity index (χ1v) is 20.5. The van der Waals surface area contributed by atoms with E-state index in [1.807, 2.05) is 55.5 Å². The van der Waals surface area contributed by atoms with Gasteiger partial charge in [0, 0.05) is 36.1 Å². The summed E-state index contributed by atoms with van der Waals surface area (Å²) in [5, 5.41) is 27.2. The second-order valence-corrected chi connectivity index (χ2v) is 18.6. The molecule has 3 aromatic rings. The van der Waals surface area contributed by atoms with Crippen LogP contribution < -0.4 is 30.2 Å². The molecule has 11 heteroatoms. The zero-order chi connectivity index (χ0) is 34.9. The van der Waals surface area contributed by atoms with E-state index >= 15 is 0 Å². The predicted octanol–water partition coefficient (Wildman–Crippen LogP) is 4.60. The van der Waals surface area contributed by atoms with E-state index in [0.29, 0.717) is 49.4 Å². The van der Waals surface area contributed by atoms with E-state index < -0.39 is 19.7 Å². The minimum Gasteiger partial charge on any atom is -0.497 e. The highest BCUT2D eigenvalue weighted by atomic mass is 28.3. The first kappa shape index (κ1) is 35.1. The smallest absolute Gasteiger partial charge is 0.261 e. The Hall–Kier alpha value is -3.74. The summed E-state index contributed by atoms with van der Waals surface area (Å²) < 4.78 is 18.2. The molecule has 6 rings (SSSR count). The molecule has 3 aliphatic heterocycles. The summed E-state index contributed by atoms with van der Waals surface area (Å²) in [6, 6.07) is 19.2. The first-order valence-electron chi connectivity index (χ1n) is 17.4. The number of carbonyl (C=O) groups is 2. The molecule has 0 bridgehead atoms. The Bertz CT molecular complexity index is 1680. The number of methoxy groups -OCH3 is 1. The topological polar surface area (TPSA) is 130 Å². The molecule has 0 radical (unpaired) electrons. The fraction of sp³-hybridized carbons (Fsp3) is 0.474. The second kappa shape index (κ2) is 14.2. The molecule has 4 N–H and O–H groups in total. The lowest BCUT2D eigenvalue weighted by Crippen LogP contribution is -2.51. The van der Waals surface area contributed by atoms with Gasteiger partial charge in [-0.25, -0.2) is 0 Å². The normalized spacial score (nSPS) is 24.6. The van der Waals surface area contributed by atoms with Gasteiger partial charge in [-0.15, -0.1) is 0 Å². The number of fused-ring (bicyclic) bond motifs is 3. The Balaban J connectivity index is 1.41. The van der Waals surface area contributed by atoms with Crippen molar-refractivity contribution in [3.63, 3.8) is 0 Å². The number of ether oxygens (including phenoxy) is 3. The monoisotopic (exact) mass is 687 g/mol. The highest BCUT2D eigenvalue weighted by Gasteiger charge is 2.64. The molecule has 0 aliphatic carbocycles. The third-order valence-electron chi connectivity index (χ3n) is 10.8. The summed E-state index contributed by atoms with van der Waals surface area (Å²) in [7, 11) is -0.654. The third-order valence-corrected chi connectivity index (χ3v) is 15.1. The zero-order valence-corrected chi connectivity index (χ0v) is 30.1. The Morgan fingerprint density at radius 1 is 1.02 bits per heavy atom. The SMILES string of the molecule is CCOc1ccc2c(c1)CC(NCCCCO)C(=O)N2c1ccc2c(c1)[C@@]1(O[C@H](CCO)[C@@H]([Si](C)(C)c3ccc(OC)cc3)[C@@H]1C)C(=O)N2. The molecule has 3 heterocycles. The van der Waals surface area contributed by atoms with E-state index in [1.165, 1.54) is 5.19 Å². The highest BCUT2D eigenvalue weighted by molar-refractivity contribution is 6.91. The summed E-state index contributed by atoms with van der Waals surface area (Å²) in [5.41, 5.74) is 2.52. The van der Waals surface area contributed by atoms with Gasteiger partial charge in [0.05, 0.1) is 39.6 Å². The molecule has 5 atom stereocenters. The number of aliphatic hydroxyl groups is 2. The summed E-state index contributed by atoms with van der Waals surface area (Å²) in [4.78, 5) is 30.2. The summed E-state index contributed by atoms with van der Waals surface area (Å²) in [5.74, 6) is 1.01. The van der Waals surface area contributed by atoms with Crippen molar-refractivity contribution in [1.82, 2.24) is 5.32 Å². The second-order valence-electron chi connectivity index (χ2n) is 13.9. The molecule has 3 aliphatic rings. The van der Waals surface area contributed by atoms with Crippen LogP contribution >= 0.6 is 0 Å². The number of unbranched alkanes of at least 4 members (excludes halogenated alkanes) is 1. The molecular weight excluding hydrogens is 639 g/mol. The van der Waals surface area contributed by atoms with E-state index in [9.17, 15) is 19.8 Å². The standard InChI is InChI=1S/C38H49N3O7Si/c1-6-47-28-12-16-33-25(21-28)22-32(39-18-7-8-19-42)36(44)41(33)26-9-15-31-30(23-26)38(37(45)40-31)24(2)35(34(48-38)17-20-43)49(4,5)29-13-10-27(46-3)11-14-29/h9-16,21,23-24,32,34-35,39,42-43H,6-8,17-20,22H2,1-5H3,(H,40,45)/t24-,32?,34+,35-,38+/m0/s1. The molecule has 0 saturated carbocycles. The van der Waals surface area contributed by atoms with Crippen molar-refractivity contribution in [3.05, 3.63) is 71.8 Å². The molecule has 3 aromatic carbocycles. The van der Waals surface area contributed by atoms with E-state index in [1.54, 1.807) is 12.0 Å². The van der Waals surface area contributed by atoms with Gasteiger partial charge in [0.15, 0.2) is 5.60 Å². The number of carbonyl (C=O) groups excluding carboxylic acids is 2. The lowest BCUT2D eigenvalue weighted by molar-refractivity contribution is -0.143. The summed E-state index contributed by atoms with van der Waals surface area (Å²) in [6.45, 7) is 9.85. The Kier molecular flexibility index (Phi) is 10.2. The van der Waals surface area contributed by atoms with E-state index in [4.69, 9.17) is 14.2 Å². The van der Waals surface area contributed by atoms with Crippen molar-refractivity contribution >= 4 is 42.1 Å². The maximum absolute atomic E-state index is 14.3. The van der Waals surface area contributed by atoms with Crippen LogP contribution in [0.1, 0.15) is 44.2 Å². The number of amides is 2. The summed E-state index contributed by atoms with van der Waals surface area (Å²) >= 11 is 0. The quantitative estimate of drug-likeness (QED) is 0.152. The Morgan fingerprint density at radius 3 is 2.47 bits per heavy atom. The minimum absolute atomic E-state index is 0.00948. The molecule has 1 saturated heterocycles. The molecule has 0 aromatic heterocycles. The van der Waals surface area contributed by atoms with Gasteiger partial charge in [0.1, 0.15) is 11.5 Å². The number of nitrogens with one attached hydrogen (secondary N) is 2. The maximum atomic E-state index is 14.3. The number of anilines is 3. The Labute approximate surface area is 289 Å². The van der Waals surface area contributed by atoms with Gasteiger partial charge < -0.3 is 35.1 Å². The molecule has 49 heavy (non-hydrogen) atoms. The van der Waals surface area contributed by atoms with E-state index in [0.717, 1.165) is 29.2 Å². The van der Waals surface area contributed by atoms with Crippen molar-refractivity contribution in [2.24, 2.45) is 5.92 Å². The van der Waals surface area contributed by atoms with Crippen LogP contribution in [0, 0.1) is 5.92 Å². The van der Waals surface area contributed by atoms with Gasteiger partial charge in [0.25, 0.3) is 5.91 Å². The average molecular weight is 688 g/mol. The lowest BCUT2D eigenvalue weighted by Gasteiger charge is -2.37. The molecule has 2 amide bonds. The van der Waals surface area contributed by atoms with Gasteiger partial charge in [-0.3, -0.25) is 14.5 Å². The van der Waals surface area contributed by atoms with E-state index in [-0.39, 0.29) is 42.6 Å². The molecule has 262 valence electrons. The molecule has 1 unspecified atom stereocenters. The number of nitrogens with zero attached hydrogens (tertiary/aromatic N) is 1. The molecule has 10 nitrogen and oxygen atoms in total. The van der Waals surface area contributed by atoms with Gasteiger partial charge in [-0.05, 0) is 98.8 Å². The van der Waals surface area contributed by atoms with Crippen LogP contribution in [-0.4, -0.2) is 75.7 Å². The van der Waals surface area contributed by atoms with Crippen molar-refractivity contribution in [2.75, 3.05) is 43.7 Å². The predicted molar refractivity (Wildman–Crippen MR) is 193 cm³/mol. The number of hydrogen-bond acceptors (Lipinski definition) is 8. The van der Waals surface area contributed by atoms with Crippen molar-refractivity contribution in [3.8, 4) is 11.5 Å². The van der Waals surface area contributed by atoms with Crippen LogP contribution in [0.4, 0.5) is 17.1 Å². The number of hydrogen-bond donors (Lipinski definition) is 4. The number of aliphatic hydroxyl groups excluding tert-OH is 2. The zero-order valence-electron chi connectivity index (χ0n) is 29.1. The fourth-order valence-corrected chi connectivity index (χ4v) is 12.4. The lowest BCUT2D eigenvalue weighted by atomic mass is 9.82. The molecule has 1 fully saturated rings. The van der Waals surface area contributed by atoms with Crippen molar-refractivity contribution in [2.45, 2.75) is 75.9 Å². The minimum atomic E-state index is -2.31. The largest absolute Gasteiger partial charge is 0.497 e. The fourth-order valence-electron chi connectivity index (χ4n) is 8.38. The van der Waals surface area contributed by atoms with Gasteiger partial charge in [0.2, 0.25) is 5.91 Å².